The largest absolute Gasteiger partial charge is 0.298 e. The molecule has 2 aromatic carbocycles. The zero-order valence-electron chi connectivity index (χ0n) is 13.4. The normalized spacial score (nSPS) is 10.6. The number of hydrogen-bond donors (Lipinski definition) is 1. The molecule has 3 aromatic rings. The van der Waals surface area contributed by atoms with Crippen LogP contribution < -0.4 is 5.32 Å². The standard InChI is InChI=1S/C19H18N2OS/c1-12-7-9-15(10-8-12)17-14(3)23-19(20-17)21-18(22)16-6-4-5-13(2)11-16/h4-11H,1-3H3,(H,20,21,22). The monoisotopic (exact) mass is 322 g/mol. The second kappa shape index (κ2) is 6.34. The van der Waals surface area contributed by atoms with Crippen molar-refractivity contribution >= 4 is 22.4 Å². The molecule has 0 spiro atoms. The summed E-state index contributed by atoms with van der Waals surface area (Å²) in [5.74, 6) is -0.127. The second-order valence-corrected chi connectivity index (χ2v) is 6.82. The van der Waals surface area contributed by atoms with E-state index in [0.29, 0.717) is 10.7 Å². The van der Waals surface area contributed by atoms with Gasteiger partial charge in [-0.15, -0.1) is 11.3 Å². The third-order valence-corrected chi connectivity index (χ3v) is 4.51. The van der Waals surface area contributed by atoms with E-state index in [1.165, 1.54) is 16.9 Å². The molecule has 0 unspecified atom stereocenters. The highest BCUT2D eigenvalue weighted by molar-refractivity contribution is 7.16. The Morgan fingerprint density at radius 3 is 2.43 bits per heavy atom. The summed E-state index contributed by atoms with van der Waals surface area (Å²) in [5, 5.41) is 3.53. The number of hydrogen-bond acceptors (Lipinski definition) is 3. The molecule has 0 aliphatic rings. The van der Waals surface area contributed by atoms with E-state index in [0.717, 1.165) is 21.7 Å². The van der Waals surface area contributed by atoms with E-state index in [9.17, 15) is 4.79 Å². The minimum atomic E-state index is -0.127. The molecular formula is C19H18N2OS. The number of amides is 1. The molecule has 0 aliphatic carbocycles. The number of aromatic nitrogens is 1. The maximum Gasteiger partial charge on any atom is 0.257 e. The number of anilines is 1. The first kappa shape index (κ1) is 15.4. The fourth-order valence-corrected chi connectivity index (χ4v) is 3.22. The summed E-state index contributed by atoms with van der Waals surface area (Å²) in [6.45, 7) is 6.06. The van der Waals surface area contributed by atoms with Crippen LogP contribution in [-0.2, 0) is 0 Å². The maximum atomic E-state index is 12.3. The van der Waals surface area contributed by atoms with Crippen LogP contribution in [0.2, 0.25) is 0 Å². The van der Waals surface area contributed by atoms with E-state index in [1.54, 1.807) is 0 Å². The van der Waals surface area contributed by atoms with Crippen molar-refractivity contribution in [2.45, 2.75) is 20.8 Å². The molecule has 4 heteroatoms. The minimum Gasteiger partial charge on any atom is -0.298 e. The molecule has 0 saturated heterocycles. The van der Waals surface area contributed by atoms with Crippen molar-refractivity contribution in [3.05, 3.63) is 70.1 Å². The number of nitrogens with one attached hydrogen (secondary N) is 1. The molecule has 116 valence electrons. The predicted octanol–water partition coefficient (Wildman–Crippen LogP) is 4.99. The van der Waals surface area contributed by atoms with Crippen molar-refractivity contribution in [3.8, 4) is 11.3 Å². The maximum absolute atomic E-state index is 12.3. The Morgan fingerprint density at radius 1 is 1.00 bits per heavy atom. The van der Waals surface area contributed by atoms with E-state index < -0.39 is 0 Å². The van der Waals surface area contributed by atoms with Crippen LogP contribution in [0.5, 0.6) is 0 Å². The highest BCUT2D eigenvalue weighted by atomic mass is 32.1. The first-order valence-corrected chi connectivity index (χ1v) is 8.27. The number of benzene rings is 2. The van der Waals surface area contributed by atoms with Gasteiger partial charge in [-0.2, -0.15) is 0 Å². The summed E-state index contributed by atoms with van der Waals surface area (Å²) in [5.41, 5.74) is 4.92. The Labute approximate surface area is 140 Å². The fourth-order valence-electron chi connectivity index (χ4n) is 2.38. The highest BCUT2D eigenvalue weighted by Crippen LogP contribution is 2.30. The van der Waals surface area contributed by atoms with Gasteiger partial charge in [0.05, 0.1) is 5.69 Å². The molecular weight excluding hydrogens is 304 g/mol. The zero-order chi connectivity index (χ0) is 16.4. The highest BCUT2D eigenvalue weighted by Gasteiger charge is 2.13. The van der Waals surface area contributed by atoms with Gasteiger partial charge in [-0.3, -0.25) is 10.1 Å². The van der Waals surface area contributed by atoms with E-state index in [1.807, 2.05) is 38.1 Å². The Kier molecular flexibility index (Phi) is 4.26. The van der Waals surface area contributed by atoms with Gasteiger partial charge in [-0.1, -0.05) is 47.5 Å². The topological polar surface area (TPSA) is 42.0 Å². The number of rotatable bonds is 3. The molecule has 3 nitrogen and oxygen atoms in total. The number of thiazole rings is 1. The van der Waals surface area contributed by atoms with Gasteiger partial charge in [-0.05, 0) is 32.9 Å². The first-order valence-electron chi connectivity index (χ1n) is 7.45. The molecule has 1 amide bonds. The summed E-state index contributed by atoms with van der Waals surface area (Å²) >= 11 is 1.50. The van der Waals surface area contributed by atoms with Crippen LogP contribution in [-0.4, -0.2) is 10.9 Å². The van der Waals surface area contributed by atoms with Crippen LogP contribution in [0, 0.1) is 20.8 Å². The molecule has 3 rings (SSSR count). The van der Waals surface area contributed by atoms with E-state index >= 15 is 0 Å². The van der Waals surface area contributed by atoms with Gasteiger partial charge >= 0.3 is 0 Å². The van der Waals surface area contributed by atoms with Gasteiger partial charge in [0, 0.05) is 16.0 Å². The van der Waals surface area contributed by atoms with Gasteiger partial charge in [0.2, 0.25) is 0 Å². The lowest BCUT2D eigenvalue weighted by Gasteiger charge is -2.02. The van der Waals surface area contributed by atoms with Gasteiger partial charge in [0.25, 0.3) is 5.91 Å². The van der Waals surface area contributed by atoms with E-state index in [4.69, 9.17) is 0 Å². The molecule has 0 fully saturated rings. The Hall–Kier alpha value is -2.46. The van der Waals surface area contributed by atoms with Crippen LogP contribution in [0.4, 0.5) is 5.13 Å². The summed E-state index contributed by atoms with van der Waals surface area (Å²) in [6, 6.07) is 15.8. The Morgan fingerprint density at radius 2 is 1.74 bits per heavy atom. The van der Waals surface area contributed by atoms with Crippen molar-refractivity contribution in [1.29, 1.82) is 0 Å². The van der Waals surface area contributed by atoms with Crippen molar-refractivity contribution < 1.29 is 4.79 Å². The van der Waals surface area contributed by atoms with Gasteiger partial charge < -0.3 is 0 Å². The average Bonchev–Trinajstić information content (AvgIpc) is 2.88. The van der Waals surface area contributed by atoms with Crippen molar-refractivity contribution in [3.63, 3.8) is 0 Å². The van der Waals surface area contributed by atoms with Crippen LogP contribution >= 0.6 is 11.3 Å². The zero-order valence-corrected chi connectivity index (χ0v) is 14.2. The SMILES string of the molecule is Cc1ccc(-c2nc(NC(=O)c3cccc(C)c3)sc2C)cc1. The summed E-state index contributed by atoms with van der Waals surface area (Å²) < 4.78 is 0. The molecule has 0 radical (unpaired) electrons. The molecule has 0 atom stereocenters. The lowest BCUT2D eigenvalue weighted by Crippen LogP contribution is -2.11. The number of aryl methyl sites for hydroxylation is 3. The second-order valence-electron chi connectivity index (χ2n) is 5.61. The molecule has 1 heterocycles. The van der Waals surface area contributed by atoms with E-state index in [-0.39, 0.29) is 5.91 Å². The van der Waals surface area contributed by atoms with Gasteiger partial charge in [0.15, 0.2) is 5.13 Å². The molecule has 1 aromatic heterocycles. The quantitative estimate of drug-likeness (QED) is 0.738. The molecule has 0 aliphatic heterocycles. The van der Waals surface area contributed by atoms with E-state index in [2.05, 4.69) is 41.5 Å². The lowest BCUT2D eigenvalue weighted by atomic mass is 10.1. The van der Waals surface area contributed by atoms with Crippen molar-refractivity contribution in [2.75, 3.05) is 5.32 Å². The Balaban J connectivity index is 1.83. The minimum absolute atomic E-state index is 0.127. The number of nitrogens with zero attached hydrogens (tertiary/aromatic N) is 1. The summed E-state index contributed by atoms with van der Waals surface area (Å²) in [6.07, 6.45) is 0. The predicted molar refractivity (Wildman–Crippen MR) is 96.2 cm³/mol. The van der Waals surface area contributed by atoms with Crippen molar-refractivity contribution in [1.82, 2.24) is 4.98 Å². The molecule has 0 bridgehead atoms. The first-order chi connectivity index (χ1) is 11.0. The molecule has 1 N–H and O–H groups in total. The lowest BCUT2D eigenvalue weighted by molar-refractivity contribution is 0.102. The summed E-state index contributed by atoms with van der Waals surface area (Å²) in [7, 11) is 0. The number of carbonyl (C=O) groups excluding carboxylic acids is 1. The van der Waals surface area contributed by atoms with Crippen LogP contribution in [0.1, 0.15) is 26.4 Å². The average molecular weight is 322 g/mol. The smallest absolute Gasteiger partial charge is 0.257 e. The van der Waals surface area contributed by atoms with Gasteiger partial charge in [0.1, 0.15) is 0 Å². The van der Waals surface area contributed by atoms with Crippen LogP contribution in [0.25, 0.3) is 11.3 Å². The molecule has 0 saturated carbocycles. The number of carbonyl (C=O) groups is 1. The van der Waals surface area contributed by atoms with Gasteiger partial charge in [-0.25, -0.2) is 4.98 Å². The fraction of sp³-hybridized carbons (Fsp3) is 0.158. The van der Waals surface area contributed by atoms with Crippen LogP contribution in [0.15, 0.2) is 48.5 Å². The van der Waals surface area contributed by atoms with Crippen LogP contribution in [0.3, 0.4) is 0 Å². The third-order valence-electron chi connectivity index (χ3n) is 3.62. The molecule has 23 heavy (non-hydrogen) atoms. The third kappa shape index (κ3) is 3.48. The van der Waals surface area contributed by atoms with Crippen molar-refractivity contribution in [2.24, 2.45) is 0 Å². The summed E-state index contributed by atoms with van der Waals surface area (Å²) in [4.78, 5) is 18.0. The Bertz CT molecular complexity index is 850.